The van der Waals surface area contributed by atoms with Crippen LogP contribution in [-0.4, -0.2) is 42.2 Å². The second-order valence-electron chi connectivity index (χ2n) is 8.76. The molecule has 0 amide bonds. The Bertz CT molecular complexity index is 1480. The van der Waals surface area contributed by atoms with Crippen LogP contribution >= 0.6 is 0 Å². The third-order valence-corrected chi connectivity index (χ3v) is 8.14. The average molecular weight is 550 g/mol. The minimum Gasteiger partial charge on any atom is -0.298 e. The molecule has 1 aliphatic heterocycles. The van der Waals surface area contributed by atoms with Gasteiger partial charge in [0.2, 0.25) is 10.0 Å². The molecule has 0 radical (unpaired) electrons. The Balaban J connectivity index is 1.53. The molecular formula is C26H20F5N3O3S. The summed E-state index contributed by atoms with van der Waals surface area (Å²) in [7, 11) is -4.27. The van der Waals surface area contributed by atoms with Gasteiger partial charge in [0.25, 0.3) is 0 Å². The molecule has 1 fully saturated rings. The number of sulfonamides is 1. The highest BCUT2D eigenvalue weighted by Gasteiger charge is 2.43. The molecule has 38 heavy (non-hydrogen) atoms. The number of carbonyl (C=O) groups excluding carboxylic acids is 1. The van der Waals surface area contributed by atoms with Crippen molar-refractivity contribution in [2.45, 2.75) is 42.5 Å². The van der Waals surface area contributed by atoms with Crippen LogP contribution in [-0.2, 0) is 27.4 Å². The maximum absolute atomic E-state index is 14.3. The first-order valence-electron chi connectivity index (χ1n) is 11.4. The Morgan fingerprint density at radius 1 is 1.11 bits per heavy atom. The van der Waals surface area contributed by atoms with Gasteiger partial charge in [-0.15, -0.1) is 0 Å². The lowest BCUT2D eigenvalue weighted by Crippen LogP contribution is -2.40. The molecule has 2 atom stereocenters. The summed E-state index contributed by atoms with van der Waals surface area (Å²) in [6.45, 7) is -0.521. The smallest absolute Gasteiger partial charge is 0.298 e. The molecule has 4 rings (SSSR count). The van der Waals surface area contributed by atoms with Crippen LogP contribution in [0.15, 0.2) is 65.7 Å². The number of halogens is 5. The quantitative estimate of drug-likeness (QED) is 0.384. The standard InChI is InChI=1S/C26H20F5N3O3S/c27-20-6-8-22(9-7-20)38(36,37)34-15-21(28)12-24(34)25(35)10-3-17-11-23(33-14-18(17)13-32)16-1-4-19(5-2-16)26(29,30)31/h1-2,4-9,11,14,21,24H,3,10,12,15H2/t21-,24+/m1/s1. The van der Waals surface area contributed by atoms with Gasteiger partial charge < -0.3 is 0 Å². The number of nitrogens with zero attached hydrogens (tertiary/aromatic N) is 3. The molecule has 0 unspecified atom stereocenters. The van der Waals surface area contributed by atoms with Gasteiger partial charge in [-0.25, -0.2) is 17.2 Å². The molecule has 0 spiro atoms. The molecule has 198 valence electrons. The number of alkyl halides is 4. The van der Waals surface area contributed by atoms with Crippen molar-refractivity contribution in [1.82, 2.24) is 9.29 Å². The van der Waals surface area contributed by atoms with Crippen LogP contribution in [0.5, 0.6) is 0 Å². The van der Waals surface area contributed by atoms with Gasteiger partial charge >= 0.3 is 6.18 Å². The van der Waals surface area contributed by atoms with Crippen LogP contribution in [0.3, 0.4) is 0 Å². The first-order chi connectivity index (χ1) is 17.9. The van der Waals surface area contributed by atoms with Gasteiger partial charge in [-0.3, -0.25) is 9.78 Å². The number of aromatic nitrogens is 1. The predicted molar refractivity (Wildman–Crippen MR) is 126 cm³/mol. The number of Topliss-reactive ketones (excluding diaryl/α,β-unsaturated/α-hetero) is 1. The molecule has 1 aromatic heterocycles. The van der Waals surface area contributed by atoms with E-state index in [1.54, 1.807) is 0 Å². The fourth-order valence-corrected chi connectivity index (χ4v) is 5.92. The normalized spacial score (nSPS) is 18.3. The Morgan fingerprint density at radius 2 is 1.76 bits per heavy atom. The van der Waals surface area contributed by atoms with Crippen LogP contribution in [0.1, 0.15) is 29.5 Å². The monoisotopic (exact) mass is 549 g/mol. The number of carbonyl (C=O) groups is 1. The second-order valence-corrected chi connectivity index (χ2v) is 10.6. The van der Waals surface area contributed by atoms with Crippen LogP contribution in [0, 0.1) is 17.1 Å². The van der Waals surface area contributed by atoms with E-state index in [0.29, 0.717) is 11.1 Å². The number of hydrogen-bond acceptors (Lipinski definition) is 5. The number of ketones is 1. The molecule has 2 heterocycles. The summed E-state index contributed by atoms with van der Waals surface area (Å²) >= 11 is 0. The maximum Gasteiger partial charge on any atom is 0.416 e. The Hall–Kier alpha value is -3.69. The zero-order valence-corrected chi connectivity index (χ0v) is 20.4. The third kappa shape index (κ3) is 5.74. The van der Waals surface area contributed by atoms with Gasteiger partial charge in [-0.2, -0.15) is 22.7 Å². The minimum atomic E-state index is -4.50. The Kier molecular flexibility index (Phi) is 7.62. The van der Waals surface area contributed by atoms with Gasteiger partial charge in [0.05, 0.1) is 27.8 Å². The molecule has 1 aliphatic rings. The van der Waals surface area contributed by atoms with E-state index in [1.165, 1.54) is 24.4 Å². The number of pyridine rings is 1. The number of aryl methyl sites for hydroxylation is 1. The van der Waals surface area contributed by atoms with E-state index in [4.69, 9.17) is 0 Å². The summed E-state index contributed by atoms with van der Waals surface area (Å²) in [4.78, 5) is 16.9. The van der Waals surface area contributed by atoms with Gasteiger partial charge in [0.15, 0.2) is 5.78 Å². The number of nitriles is 1. The van der Waals surface area contributed by atoms with Gasteiger partial charge in [0.1, 0.15) is 18.1 Å². The topological polar surface area (TPSA) is 91.1 Å². The molecule has 1 saturated heterocycles. The van der Waals surface area contributed by atoms with Crippen molar-refractivity contribution < 1.29 is 35.2 Å². The van der Waals surface area contributed by atoms with Gasteiger partial charge in [-0.05, 0) is 54.4 Å². The molecule has 12 heteroatoms. The van der Waals surface area contributed by atoms with Crippen molar-refractivity contribution >= 4 is 15.8 Å². The number of hydrogen-bond donors (Lipinski definition) is 0. The van der Waals surface area contributed by atoms with Gasteiger partial charge in [0, 0.05) is 31.1 Å². The van der Waals surface area contributed by atoms with Crippen molar-refractivity contribution in [1.29, 1.82) is 5.26 Å². The van der Waals surface area contributed by atoms with Crippen LogP contribution in [0.25, 0.3) is 11.3 Å². The molecule has 0 bridgehead atoms. The predicted octanol–water partition coefficient (Wildman–Crippen LogP) is 5.08. The van der Waals surface area contributed by atoms with E-state index < -0.39 is 52.1 Å². The highest BCUT2D eigenvalue weighted by atomic mass is 32.2. The van der Waals surface area contributed by atoms with E-state index in [0.717, 1.165) is 40.7 Å². The van der Waals surface area contributed by atoms with E-state index in [9.17, 15) is 40.4 Å². The third-order valence-electron chi connectivity index (χ3n) is 6.26. The van der Waals surface area contributed by atoms with Gasteiger partial charge in [-0.1, -0.05) is 12.1 Å². The summed E-state index contributed by atoms with van der Waals surface area (Å²) in [6, 6.07) is 10.4. The lowest BCUT2D eigenvalue weighted by Gasteiger charge is -2.23. The maximum atomic E-state index is 14.3. The fraction of sp³-hybridized carbons (Fsp3) is 0.269. The average Bonchev–Trinajstić information content (AvgIpc) is 3.29. The molecule has 3 aromatic rings. The SMILES string of the molecule is N#Cc1cnc(-c2ccc(C(F)(F)F)cc2)cc1CCC(=O)[C@@H]1C[C@@H](F)CN1S(=O)(=O)c1ccc(F)cc1. The zero-order valence-electron chi connectivity index (χ0n) is 19.6. The molecule has 6 nitrogen and oxygen atoms in total. The first-order valence-corrected chi connectivity index (χ1v) is 12.8. The van der Waals surface area contributed by atoms with E-state index in [-0.39, 0.29) is 35.4 Å². The van der Waals surface area contributed by atoms with Crippen LogP contribution in [0.4, 0.5) is 22.0 Å². The fourth-order valence-electron chi connectivity index (χ4n) is 4.27. The van der Waals surface area contributed by atoms with E-state index in [1.807, 2.05) is 6.07 Å². The van der Waals surface area contributed by atoms with Crippen molar-refractivity contribution in [3.8, 4) is 17.3 Å². The Morgan fingerprint density at radius 3 is 2.37 bits per heavy atom. The summed E-state index contributed by atoms with van der Waals surface area (Å²) in [6.07, 6.45) is -5.39. The number of rotatable bonds is 7. The van der Waals surface area contributed by atoms with Crippen molar-refractivity contribution in [3.05, 3.63) is 83.3 Å². The molecule has 0 aliphatic carbocycles. The van der Waals surface area contributed by atoms with Crippen molar-refractivity contribution in [2.24, 2.45) is 0 Å². The minimum absolute atomic E-state index is 0.00420. The zero-order chi connectivity index (χ0) is 27.7. The highest BCUT2D eigenvalue weighted by Crippen LogP contribution is 2.32. The summed E-state index contributed by atoms with van der Waals surface area (Å²) in [5.74, 6) is -1.21. The van der Waals surface area contributed by atoms with E-state index >= 15 is 0 Å². The summed E-state index contributed by atoms with van der Waals surface area (Å²) < 4.78 is 93.0. The lowest BCUT2D eigenvalue weighted by atomic mass is 9.98. The molecule has 2 aromatic carbocycles. The first kappa shape index (κ1) is 27.3. The van der Waals surface area contributed by atoms with Crippen LogP contribution in [0.2, 0.25) is 0 Å². The molecule has 0 N–H and O–H groups in total. The summed E-state index contributed by atoms with van der Waals surface area (Å²) in [5, 5.41) is 9.45. The second kappa shape index (κ2) is 10.6. The molecule has 0 saturated carbocycles. The van der Waals surface area contributed by atoms with Crippen molar-refractivity contribution in [3.63, 3.8) is 0 Å². The van der Waals surface area contributed by atoms with Crippen molar-refractivity contribution in [2.75, 3.05) is 6.54 Å². The molecular weight excluding hydrogens is 529 g/mol. The van der Waals surface area contributed by atoms with E-state index in [2.05, 4.69) is 4.98 Å². The van der Waals surface area contributed by atoms with Crippen LogP contribution < -0.4 is 0 Å². The highest BCUT2D eigenvalue weighted by molar-refractivity contribution is 7.89. The summed E-state index contributed by atoms with van der Waals surface area (Å²) in [5.41, 5.74) is 0.337. The largest absolute Gasteiger partial charge is 0.416 e. The lowest BCUT2D eigenvalue weighted by molar-refractivity contribution is -0.137. The Labute approximate surface area is 215 Å². The number of benzene rings is 2.